The SMILES string of the molecule is COCCc1nc(-c2ccc(OCCN3CCOCC3)cc2)c(C)s1. The molecular formula is C19H26N2O3S. The van der Waals surface area contributed by atoms with Gasteiger partial charge >= 0.3 is 0 Å². The monoisotopic (exact) mass is 362 g/mol. The first-order valence-corrected chi connectivity index (χ1v) is 9.56. The fourth-order valence-electron chi connectivity index (χ4n) is 2.84. The molecule has 0 spiro atoms. The van der Waals surface area contributed by atoms with Crippen LogP contribution in [-0.2, 0) is 15.9 Å². The van der Waals surface area contributed by atoms with Gasteiger partial charge in [-0.3, -0.25) is 4.90 Å². The van der Waals surface area contributed by atoms with E-state index in [-0.39, 0.29) is 0 Å². The molecule has 2 heterocycles. The maximum Gasteiger partial charge on any atom is 0.119 e. The molecule has 1 aliphatic rings. The normalized spacial score (nSPS) is 15.4. The summed E-state index contributed by atoms with van der Waals surface area (Å²) in [6.45, 7) is 8.13. The zero-order valence-corrected chi connectivity index (χ0v) is 15.8. The molecule has 0 atom stereocenters. The van der Waals surface area contributed by atoms with Crippen molar-refractivity contribution in [1.82, 2.24) is 9.88 Å². The first-order chi connectivity index (χ1) is 12.3. The third-order valence-electron chi connectivity index (χ3n) is 4.27. The number of hydrogen-bond donors (Lipinski definition) is 0. The lowest BCUT2D eigenvalue weighted by atomic mass is 10.1. The summed E-state index contributed by atoms with van der Waals surface area (Å²) in [5.41, 5.74) is 2.20. The Morgan fingerprint density at radius 1 is 1.16 bits per heavy atom. The maximum absolute atomic E-state index is 5.87. The fraction of sp³-hybridized carbons (Fsp3) is 0.526. The largest absolute Gasteiger partial charge is 0.492 e. The second kappa shape index (κ2) is 9.29. The molecule has 1 aliphatic heterocycles. The quantitative estimate of drug-likeness (QED) is 0.722. The van der Waals surface area contributed by atoms with Crippen LogP contribution >= 0.6 is 11.3 Å². The number of ether oxygens (including phenoxy) is 3. The molecule has 2 aromatic rings. The number of aryl methyl sites for hydroxylation is 1. The lowest BCUT2D eigenvalue weighted by Crippen LogP contribution is -2.38. The van der Waals surface area contributed by atoms with E-state index in [1.165, 1.54) is 4.88 Å². The van der Waals surface area contributed by atoms with E-state index < -0.39 is 0 Å². The van der Waals surface area contributed by atoms with Crippen LogP contribution in [0.5, 0.6) is 5.75 Å². The zero-order chi connectivity index (χ0) is 17.5. The van der Waals surface area contributed by atoms with Crippen molar-refractivity contribution in [1.29, 1.82) is 0 Å². The molecule has 0 aliphatic carbocycles. The van der Waals surface area contributed by atoms with E-state index >= 15 is 0 Å². The molecule has 5 nitrogen and oxygen atoms in total. The lowest BCUT2D eigenvalue weighted by Gasteiger charge is -2.26. The molecule has 0 unspecified atom stereocenters. The third-order valence-corrected chi connectivity index (χ3v) is 5.30. The van der Waals surface area contributed by atoms with Gasteiger partial charge in [0.15, 0.2) is 0 Å². The molecule has 25 heavy (non-hydrogen) atoms. The van der Waals surface area contributed by atoms with E-state index in [0.29, 0.717) is 13.2 Å². The molecule has 1 saturated heterocycles. The standard InChI is InChI=1S/C19H26N2O3S/c1-15-19(20-18(25-15)7-11-22-2)16-3-5-17(6-4-16)24-14-10-21-8-12-23-13-9-21/h3-6H,7-14H2,1-2H3. The van der Waals surface area contributed by atoms with Crippen molar-refractivity contribution < 1.29 is 14.2 Å². The van der Waals surface area contributed by atoms with E-state index in [1.54, 1.807) is 18.4 Å². The Balaban J connectivity index is 1.53. The van der Waals surface area contributed by atoms with Gasteiger partial charge in [0.2, 0.25) is 0 Å². The molecule has 1 aromatic carbocycles. The maximum atomic E-state index is 5.87. The minimum atomic E-state index is 0.705. The van der Waals surface area contributed by atoms with E-state index in [1.807, 2.05) is 12.1 Å². The second-order valence-electron chi connectivity index (χ2n) is 6.08. The Morgan fingerprint density at radius 3 is 2.64 bits per heavy atom. The van der Waals surface area contributed by atoms with Gasteiger partial charge in [-0.15, -0.1) is 11.3 Å². The Hall–Kier alpha value is -1.47. The molecule has 0 amide bonds. The number of nitrogens with zero attached hydrogens (tertiary/aromatic N) is 2. The smallest absolute Gasteiger partial charge is 0.119 e. The molecule has 0 N–H and O–H groups in total. The van der Waals surface area contributed by atoms with Crippen LogP contribution in [0, 0.1) is 6.92 Å². The van der Waals surface area contributed by atoms with Crippen LogP contribution in [0.4, 0.5) is 0 Å². The molecule has 0 saturated carbocycles. The number of morpholine rings is 1. The lowest BCUT2D eigenvalue weighted by molar-refractivity contribution is 0.0322. The number of aromatic nitrogens is 1. The Labute approximate surface area is 153 Å². The molecule has 3 rings (SSSR count). The highest BCUT2D eigenvalue weighted by atomic mass is 32.1. The number of rotatable bonds is 8. The van der Waals surface area contributed by atoms with Gasteiger partial charge in [-0.05, 0) is 31.2 Å². The van der Waals surface area contributed by atoms with Crippen molar-refractivity contribution >= 4 is 11.3 Å². The third kappa shape index (κ3) is 5.25. The highest BCUT2D eigenvalue weighted by molar-refractivity contribution is 7.12. The first kappa shape index (κ1) is 18.3. The second-order valence-corrected chi connectivity index (χ2v) is 7.37. The predicted molar refractivity (Wildman–Crippen MR) is 101 cm³/mol. The van der Waals surface area contributed by atoms with Crippen LogP contribution in [0.2, 0.25) is 0 Å². The summed E-state index contributed by atoms with van der Waals surface area (Å²) >= 11 is 1.74. The summed E-state index contributed by atoms with van der Waals surface area (Å²) in [7, 11) is 1.72. The Bertz CT molecular complexity index is 651. The van der Waals surface area contributed by atoms with Gasteiger partial charge in [0, 0.05) is 43.6 Å². The van der Waals surface area contributed by atoms with Crippen LogP contribution in [0.3, 0.4) is 0 Å². The summed E-state index contributed by atoms with van der Waals surface area (Å²) in [6.07, 6.45) is 0.866. The van der Waals surface area contributed by atoms with E-state index in [4.69, 9.17) is 19.2 Å². The van der Waals surface area contributed by atoms with Crippen molar-refractivity contribution in [3.8, 4) is 17.0 Å². The van der Waals surface area contributed by atoms with Crippen molar-refractivity contribution in [2.75, 3.05) is 53.2 Å². The molecule has 1 fully saturated rings. The van der Waals surface area contributed by atoms with Crippen molar-refractivity contribution in [2.45, 2.75) is 13.3 Å². The molecule has 6 heteroatoms. The molecule has 1 aromatic heterocycles. The summed E-state index contributed by atoms with van der Waals surface area (Å²) in [5.74, 6) is 0.907. The number of methoxy groups -OCH3 is 1. The summed E-state index contributed by atoms with van der Waals surface area (Å²) in [4.78, 5) is 8.37. The fourth-order valence-corrected chi connectivity index (χ4v) is 3.78. The van der Waals surface area contributed by atoms with Crippen LogP contribution in [0.15, 0.2) is 24.3 Å². The molecule has 0 bridgehead atoms. The van der Waals surface area contributed by atoms with E-state index in [9.17, 15) is 0 Å². The predicted octanol–water partition coefficient (Wildman–Crippen LogP) is 3.02. The average Bonchev–Trinajstić information content (AvgIpc) is 3.02. The average molecular weight is 362 g/mol. The molecule has 0 radical (unpaired) electrons. The van der Waals surface area contributed by atoms with Crippen molar-refractivity contribution in [2.24, 2.45) is 0 Å². The van der Waals surface area contributed by atoms with Gasteiger partial charge in [-0.1, -0.05) is 0 Å². The number of thiazole rings is 1. The van der Waals surface area contributed by atoms with Gasteiger partial charge in [0.25, 0.3) is 0 Å². The van der Waals surface area contributed by atoms with Gasteiger partial charge in [0.05, 0.1) is 30.5 Å². The minimum absolute atomic E-state index is 0.705. The number of benzene rings is 1. The summed E-state index contributed by atoms with van der Waals surface area (Å²) < 4.78 is 16.4. The molecular weight excluding hydrogens is 336 g/mol. The minimum Gasteiger partial charge on any atom is -0.492 e. The van der Waals surface area contributed by atoms with Gasteiger partial charge in [-0.25, -0.2) is 4.98 Å². The molecule has 136 valence electrons. The van der Waals surface area contributed by atoms with Crippen molar-refractivity contribution in [3.05, 3.63) is 34.2 Å². The van der Waals surface area contributed by atoms with Crippen LogP contribution in [0.25, 0.3) is 11.3 Å². The van der Waals surface area contributed by atoms with E-state index in [0.717, 1.165) is 61.3 Å². The zero-order valence-electron chi connectivity index (χ0n) is 15.0. The van der Waals surface area contributed by atoms with Crippen molar-refractivity contribution in [3.63, 3.8) is 0 Å². The van der Waals surface area contributed by atoms with Crippen LogP contribution < -0.4 is 4.74 Å². The first-order valence-electron chi connectivity index (χ1n) is 8.75. The van der Waals surface area contributed by atoms with Gasteiger partial charge in [-0.2, -0.15) is 0 Å². The summed E-state index contributed by atoms with van der Waals surface area (Å²) in [6, 6.07) is 8.24. The van der Waals surface area contributed by atoms with Crippen LogP contribution in [-0.4, -0.2) is 63.1 Å². The Kier molecular flexibility index (Phi) is 6.81. The van der Waals surface area contributed by atoms with Crippen LogP contribution in [0.1, 0.15) is 9.88 Å². The van der Waals surface area contributed by atoms with Gasteiger partial charge in [0.1, 0.15) is 12.4 Å². The van der Waals surface area contributed by atoms with Gasteiger partial charge < -0.3 is 14.2 Å². The Morgan fingerprint density at radius 2 is 1.92 bits per heavy atom. The number of hydrogen-bond acceptors (Lipinski definition) is 6. The highest BCUT2D eigenvalue weighted by Crippen LogP contribution is 2.29. The summed E-state index contributed by atoms with van der Waals surface area (Å²) in [5, 5.41) is 1.13. The highest BCUT2D eigenvalue weighted by Gasteiger charge is 2.11. The van der Waals surface area contributed by atoms with E-state index in [2.05, 4.69) is 24.0 Å². The topological polar surface area (TPSA) is 43.8 Å².